The molecule has 5 heteroatoms. The summed E-state index contributed by atoms with van der Waals surface area (Å²) in [5.41, 5.74) is 0. The van der Waals surface area contributed by atoms with Crippen LogP contribution in [0.3, 0.4) is 0 Å². The molecule has 2 nitrogen and oxygen atoms in total. The standard InChI is InChI=1S/C10H13BrN2S2/c1-13(10(14)12-7-2-3-7)6-8-4-5-9(11)15-8/h4-5,7H,2-3,6H2,1H3,(H,12,14). The summed E-state index contributed by atoms with van der Waals surface area (Å²) < 4.78 is 1.17. The van der Waals surface area contributed by atoms with Crippen molar-refractivity contribution in [2.24, 2.45) is 0 Å². The van der Waals surface area contributed by atoms with Gasteiger partial charge in [0.05, 0.1) is 10.3 Å². The lowest BCUT2D eigenvalue weighted by molar-refractivity contribution is 0.493. The summed E-state index contributed by atoms with van der Waals surface area (Å²) in [7, 11) is 2.03. The quantitative estimate of drug-likeness (QED) is 0.864. The van der Waals surface area contributed by atoms with E-state index < -0.39 is 0 Å². The molecule has 1 heterocycles. The van der Waals surface area contributed by atoms with Crippen molar-refractivity contribution in [1.82, 2.24) is 10.2 Å². The van der Waals surface area contributed by atoms with Gasteiger partial charge in [0.15, 0.2) is 5.11 Å². The lowest BCUT2D eigenvalue weighted by atomic mass is 10.4. The molecule has 2 rings (SSSR count). The number of thiophene rings is 1. The van der Waals surface area contributed by atoms with Crippen molar-refractivity contribution in [3.8, 4) is 0 Å². The van der Waals surface area contributed by atoms with Gasteiger partial charge in [-0.05, 0) is 53.1 Å². The minimum atomic E-state index is 0.634. The molecule has 0 saturated heterocycles. The molecule has 0 bridgehead atoms. The Morgan fingerprint density at radius 1 is 1.67 bits per heavy atom. The van der Waals surface area contributed by atoms with E-state index in [-0.39, 0.29) is 0 Å². The van der Waals surface area contributed by atoms with E-state index in [9.17, 15) is 0 Å². The van der Waals surface area contributed by atoms with E-state index in [1.165, 1.54) is 21.5 Å². The summed E-state index contributed by atoms with van der Waals surface area (Å²) in [6.45, 7) is 0.884. The molecule has 0 spiro atoms. The summed E-state index contributed by atoms with van der Waals surface area (Å²) >= 11 is 10.5. The molecule has 0 amide bonds. The van der Waals surface area contributed by atoms with Gasteiger partial charge in [-0.25, -0.2) is 0 Å². The molecular formula is C10H13BrN2S2. The van der Waals surface area contributed by atoms with Crippen LogP contribution in [0.4, 0.5) is 0 Å². The first-order valence-electron chi connectivity index (χ1n) is 4.91. The highest BCUT2D eigenvalue weighted by molar-refractivity contribution is 9.11. The normalized spacial score (nSPS) is 15.1. The second-order valence-corrected chi connectivity index (χ2v) is 6.72. The third kappa shape index (κ3) is 3.43. The van der Waals surface area contributed by atoms with Crippen LogP contribution in [0.25, 0.3) is 0 Å². The minimum Gasteiger partial charge on any atom is -0.360 e. The number of rotatable bonds is 3. The van der Waals surface area contributed by atoms with Gasteiger partial charge in [-0.15, -0.1) is 11.3 Å². The second kappa shape index (κ2) is 4.80. The Kier molecular flexibility index (Phi) is 3.64. The van der Waals surface area contributed by atoms with Crippen LogP contribution in [-0.4, -0.2) is 23.1 Å². The zero-order valence-corrected chi connectivity index (χ0v) is 11.7. The van der Waals surface area contributed by atoms with E-state index in [4.69, 9.17) is 12.2 Å². The minimum absolute atomic E-state index is 0.634. The predicted octanol–water partition coefficient (Wildman–Crippen LogP) is 2.98. The smallest absolute Gasteiger partial charge is 0.169 e. The summed E-state index contributed by atoms with van der Waals surface area (Å²) in [4.78, 5) is 3.41. The summed E-state index contributed by atoms with van der Waals surface area (Å²) in [6, 6.07) is 4.84. The third-order valence-corrected chi connectivity index (χ3v) is 4.31. The molecule has 1 aliphatic carbocycles. The largest absolute Gasteiger partial charge is 0.360 e. The lowest BCUT2D eigenvalue weighted by Gasteiger charge is -2.20. The Morgan fingerprint density at radius 3 is 2.93 bits per heavy atom. The van der Waals surface area contributed by atoms with E-state index >= 15 is 0 Å². The molecule has 1 aliphatic rings. The Morgan fingerprint density at radius 2 is 2.40 bits per heavy atom. The van der Waals surface area contributed by atoms with Crippen LogP contribution < -0.4 is 5.32 Å². The van der Waals surface area contributed by atoms with Crippen LogP contribution in [-0.2, 0) is 6.54 Å². The number of thiocarbonyl (C=S) groups is 1. The van der Waals surface area contributed by atoms with Gasteiger partial charge in [-0.3, -0.25) is 0 Å². The van der Waals surface area contributed by atoms with E-state index in [1.54, 1.807) is 11.3 Å². The van der Waals surface area contributed by atoms with Crippen molar-refractivity contribution >= 4 is 44.6 Å². The average Bonchev–Trinajstić information content (AvgIpc) is 2.90. The molecule has 1 fully saturated rings. The van der Waals surface area contributed by atoms with Gasteiger partial charge in [0.1, 0.15) is 0 Å². The first-order chi connectivity index (χ1) is 7.15. The fourth-order valence-electron chi connectivity index (χ4n) is 1.25. The van der Waals surface area contributed by atoms with Gasteiger partial charge in [-0.2, -0.15) is 0 Å². The zero-order chi connectivity index (χ0) is 10.8. The molecule has 1 saturated carbocycles. The molecule has 0 aromatic carbocycles. The van der Waals surface area contributed by atoms with Gasteiger partial charge in [0.25, 0.3) is 0 Å². The van der Waals surface area contributed by atoms with Crippen LogP contribution >= 0.6 is 39.5 Å². The molecule has 82 valence electrons. The molecule has 0 unspecified atom stereocenters. The Balaban J connectivity index is 1.84. The molecule has 0 radical (unpaired) electrons. The maximum atomic E-state index is 5.31. The van der Waals surface area contributed by atoms with Crippen LogP contribution in [0.1, 0.15) is 17.7 Å². The van der Waals surface area contributed by atoms with Crippen molar-refractivity contribution < 1.29 is 0 Å². The molecule has 0 aliphatic heterocycles. The zero-order valence-electron chi connectivity index (χ0n) is 8.50. The maximum Gasteiger partial charge on any atom is 0.169 e. The fourth-order valence-corrected chi connectivity index (χ4v) is 3.02. The molecule has 1 aromatic heterocycles. The van der Waals surface area contributed by atoms with Gasteiger partial charge in [-0.1, -0.05) is 0 Å². The second-order valence-electron chi connectivity index (χ2n) is 3.79. The molecule has 15 heavy (non-hydrogen) atoms. The van der Waals surface area contributed by atoms with E-state index in [1.807, 2.05) is 7.05 Å². The van der Waals surface area contributed by atoms with Crippen LogP contribution in [0, 0.1) is 0 Å². The molecular weight excluding hydrogens is 292 g/mol. The van der Waals surface area contributed by atoms with Gasteiger partial charge < -0.3 is 10.2 Å². The fraction of sp³-hybridized carbons (Fsp3) is 0.500. The van der Waals surface area contributed by atoms with E-state index in [0.29, 0.717) is 6.04 Å². The topological polar surface area (TPSA) is 15.3 Å². The predicted molar refractivity (Wildman–Crippen MR) is 72.2 cm³/mol. The number of hydrogen-bond acceptors (Lipinski definition) is 2. The number of nitrogens with zero attached hydrogens (tertiary/aromatic N) is 1. The van der Waals surface area contributed by atoms with Gasteiger partial charge in [0.2, 0.25) is 0 Å². The Hall–Kier alpha value is -0.130. The number of halogens is 1. The summed E-state index contributed by atoms with van der Waals surface area (Å²) in [6.07, 6.45) is 2.52. The van der Waals surface area contributed by atoms with Gasteiger partial charge >= 0.3 is 0 Å². The summed E-state index contributed by atoms with van der Waals surface area (Å²) in [5.74, 6) is 0. The first-order valence-corrected chi connectivity index (χ1v) is 6.93. The first kappa shape index (κ1) is 11.4. The van der Waals surface area contributed by atoms with Crippen LogP contribution in [0.5, 0.6) is 0 Å². The highest BCUT2D eigenvalue weighted by Crippen LogP contribution is 2.23. The maximum absolute atomic E-state index is 5.31. The van der Waals surface area contributed by atoms with Crippen molar-refractivity contribution in [1.29, 1.82) is 0 Å². The van der Waals surface area contributed by atoms with Crippen molar-refractivity contribution in [2.75, 3.05) is 7.05 Å². The molecule has 1 N–H and O–H groups in total. The average molecular weight is 305 g/mol. The van der Waals surface area contributed by atoms with Gasteiger partial charge in [0, 0.05) is 18.0 Å². The van der Waals surface area contributed by atoms with Crippen molar-refractivity contribution in [2.45, 2.75) is 25.4 Å². The summed E-state index contributed by atoms with van der Waals surface area (Å²) in [5, 5.41) is 4.19. The lowest BCUT2D eigenvalue weighted by Crippen LogP contribution is -2.37. The highest BCUT2D eigenvalue weighted by Gasteiger charge is 2.22. The van der Waals surface area contributed by atoms with Crippen LogP contribution in [0.15, 0.2) is 15.9 Å². The Labute approximate surface area is 108 Å². The van der Waals surface area contributed by atoms with Crippen molar-refractivity contribution in [3.63, 3.8) is 0 Å². The molecule has 1 aromatic rings. The monoisotopic (exact) mass is 304 g/mol. The number of nitrogens with one attached hydrogen (secondary N) is 1. The van der Waals surface area contributed by atoms with E-state index in [2.05, 4.69) is 38.3 Å². The van der Waals surface area contributed by atoms with Crippen molar-refractivity contribution in [3.05, 3.63) is 20.8 Å². The Bertz CT molecular complexity index is 360. The van der Waals surface area contributed by atoms with Crippen LogP contribution in [0.2, 0.25) is 0 Å². The molecule has 0 atom stereocenters. The number of hydrogen-bond donors (Lipinski definition) is 1. The highest BCUT2D eigenvalue weighted by atomic mass is 79.9. The van der Waals surface area contributed by atoms with E-state index in [0.717, 1.165) is 11.7 Å². The SMILES string of the molecule is CN(Cc1ccc(Br)s1)C(=S)NC1CC1. The third-order valence-electron chi connectivity index (χ3n) is 2.27.